The van der Waals surface area contributed by atoms with Gasteiger partial charge in [-0.3, -0.25) is 0 Å². The van der Waals surface area contributed by atoms with Gasteiger partial charge in [0, 0.05) is 17.7 Å². The zero-order valence-electron chi connectivity index (χ0n) is 10.7. The van der Waals surface area contributed by atoms with Crippen LogP contribution in [0.15, 0.2) is 42.6 Å². The van der Waals surface area contributed by atoms with Crippen LogP contribution in [0.4, 0.5) is 0 Å². The zero-order valence-corrected chi connectivity index (χ0v) is 10.7. The third kappa shape index (κ3) is 1.88. The van der Waals surface area contributed by atoms with Gasteiger partial charge in [-0.25, -0.2) is 0 Å². The largest absolute Gasteiger partial charge is 0.368 e. The number of hydrogen-bond acceptors (Lipinski definition) is 1. The van der Waals surface area contributed by atoms with Crippen molar-refractivity contribution in [2.75, 3.05) is 6.54 Å². The minimum Gasteiger partial charge on any atom is -0.368 e. The predicted molar refractivity (Wildman–Crippen MR) is 71.6 cm³/mol. The second kappa shape index (κ2) is 3.90. The molecule has 1 aromatic carbocycles. The van der Waals surface area contributed by atoms with E-state index in [0.717, 1.165) is 0 Å². The first kappa shape index (κ1) is 10.9. The summed E-state index contributed by atoms with van der Waals surface area (Å²) in [7, 11) is 0. The molecule has 1 saturated heterocycles. The quantitative estimate of drug-likeness (QED) is 0.750. The molecule has 0 bridgehead atoms. The van der Waals surface area contributed by atoms with Crippen LogP contribution >= 0.6 is 0 Å². The minimum absolute atomic E-state index is 0.414. The lowest BCUT2D eigenvalue weighted by atomic mass is 10.0. The van der Waals surface area contributed by atoms with Crippen LogP contribution in [0.3, 0.4) is 0 Å². The third-order valence-electron chi connectivity index (χ3n) is 4.48. The summed E-state index contributed by atoms with van der Waals surface area (Å²) < 4.78 is 0. The van der Waals surface area contributed by atoms with E-state index in [9.17, 15) is 0 Å². The average molecular weight is 227 g/mol. The summed E-state index contributed by atoms with van der Waals surface area (Å²) in [5.41, 5.74) is 3.25. The van der Waals surface area contributed by atoms with Gasteiger partial charge in [-0.05, 0) is 31.2 Å². The van der Waals surface area contributed by atoms with E-state index in [1.165, 1.54) is 43.5 Å². The second-order valence-electron chi connectivity index (χ2n) is 5.77. The maximum absolute atomic E-state index is 4.37. The van der Waals surface area contributed by atoms with Gasteiger partial charge in [-0.2, -0.15) is 0 Å². The maximum atomic E-state index is 4.37. The third-order valence-corrected chi connectivity index (χ3v) is 4.48. The molecule has 17 heavy (non-hydrogen) atoms. The zero-order chi connectivity index (χ0) is 11.9. The van der Waals surface area contributed by atoms with Gasteiger partial charge < -0.3 is 4.90 Å². The van der Waals surface area contributed by atoms with E-state index < -0.39 is 0 Å². The highest BCUT2D eigenvalue weighted by molar-refractivity contribution is 5.25. The summed E-state index contributed by atoms with van der Waals surface area (Å²) in [6, 6.07) is 11.5. The highest BCUT2D eigenvalue weighted by Gasteiger charge is 2.44. The van der Waals surface area contributed by atoms with Crippen LogP contribution in [-0.2, 0) is 0 Å². The fourth-order valence-corrected chi connectivity index (χ4v) is 2.93. The molecular formula is C16H21N. The van der Waals surface area contributed by atoms with E-state index in [4.69, 9.17) is 0 Å². The standard InChI is InChI=1S/C16H21N/c1-13(16(2)10-11-16)17-12-6-9-15(17)14-7-4-3-5-8-14/h3-5,7-8,15H,1,6,9-12H2,2H3. The highest BCUT2D eigenvalue weighted by atomic mass is 15.2. The molecule has 1 unspecified atom stereocenters. The number of nitrogens with zero attached hydrogens (tertiary/aromatic N) is 1. The van der Waals surface area contributed by atoms with Gasteiger partial charge in [-0.15, -0.1) is 0 Å². The van der Waals surface area contributed by atoms with Gasteiger partial charge in [0.1, 0.15) is 0 Å². The molecule has 0 amide bonds. The monoisotopic (exact) mass is 227 g/mol. The molecule has 1 aliphatic carbocycles. The summed E-state index contributed by atoms with van der Waals surface area (Å²) in [6.07, 6.45) is 5.22. The summed E-state index contributed by atoms with van der Waals surface area (Å²) in [4.78, 5) is 2.56. The van der Waals surface area contributed by atoms with Crippen molar-refractivity contribution >= 4 is 0 Å². The molecule has 1 atom stereocenters. The molecular weight excluding hydrogens is 206 g/mol. The van der Waals surface area contributed by atoms with Crippen molar-refractivity contribution in [3.63, 3.8) is 0 Å². The van der Waals surface area contributed by atoms with E-state index in [1.807, 2.05) is 0 Å². The molecule has 1 aromatic rings. The van der Waals surface area contributed by atoms with Gasteiger partial charge in [0.25, 0.3) is 0 Å². The van der Waals surface area contributed by atoms with Crippen LogP contribution in [0.1, 0.15) is 44.2 Å². The minimum atomic E-state index is 0.414. The molecule has 1 heterocycles. The molecule has 2 fully saturated rings. The van der Waals surface area contributed by atoms with Crippen molar-refractivity contribution in [3.8, 4) is 0 Å². The van der Waals surface area contributed by atoms with E-state index in [2.05, 4.69) is 48.7 Å². The summed E-state index contributed by atoms with van der Waals surface area (Å²) in [6.45, 7) is 7.92. The Kier molecular flexibility index (Phi) is 2.50. The van der Waals surface area contributed by atoms with E-state index in [0.29, 0.717) is 11.5 Å². The topological polar surface area (TPSA) is 3.24 Å². The molecule has 0 aromatic heterocycles. The summed E-state index contributed by atoms with van der Waals surface area (Å²) in [5.74, 6) is 0. The number of rotatable bonds is 3. The fourth-order valence-electron chi connectivity index (χ4n) is 2.93. The van der Waals surface area contributed by atoms with Gasteiger partial charge in [0.05, 0.1) is 6.04 Å². The van der Waals surface area contributed by atoms with Crippen molar-refractivity contribution in [2.45, 2.75) is 38.6 Å². The van der Waals surface area contributed by atoms with Crippen LogP contribution < -0.4 is 0 Å². The number of allylic oxidation sites excluding steroid dienone is 1. The lowest BCUT2D eigenvalue weighted by Crippen LogP contribution is -2.26. The van der Waals surface area contributed by atoms with E-state index in [-0.39, 0.29) is 0 Å². The second-order valence-corrected chi connectivity index (χ2v) is 5.77. The Morgan fingerprint density at radius 1 is 1.29 bits per heavy atom. The Morgan fingerprint density at radius 2 is 2.00 bits per heavy atom. The van der Waals surface area contributed by atoms with Crippen molar-refractivity contribution < 1.29 is 0 Å². The Hall–Kier alpha value is -1.24. The molecule has 1 aliphatic heterocycles. The number of likely N-dealkylation sites (tertiary alicyclic amines) is 1. The summed E-state index contributed by atoms with van der Waals surface area (Å²) in [5, 5.41) is 0. The lowest BCUT2D eigenvalue weighted by Gasteiger charge is -2.32. The van der Waals surface area contributed by atoms with Crippen LogP contribution in [0, 0.1) is 5.41 Å². The predicted octanol–water partition coefficient (Wildman–Crippen LogP) is 4.14. The SMILES string of the molecule is C=C(N1CCCC1c1ccccc1)C1(C)CC1. The fraction of sp³-hybridized carbons (Fsp3) is 0.500. The van der Waals surface area contributed by atoms with Crippen LogP contribution in [0.25, 0.3) is 0 Å². The van der Waals surface area contributed by atoms with E-state index in [1.54, 1.807) is 0 Å². The van der Waals surface area contributed by atoms with Crippen molar-refractivity contribution in [1.29, 1.82) is 0 Å². The first-order valence-electron chi connectivity index (χ1n) is 6.72. The molecule has 1 saturated carbocycles. The molecule has 3 rings (SSSR count). The average Bonchev–Trinajstić information content (AvgIpc) is 2.95. The first-order chi connectivity index (χ1) is 8.21. The molecule has 0 spiro atoms. The molecule has 2 aliphatic rings. The Bertz CT molecular complexity index is 416. The van der Waals surface area contributed by atoms with Gasteiger partial charge >= 0.3 is 0 Å². The summed E-state index contributed by atoms with van der Waals surface area (Å²) >= 11 is 0. The Morgan fingerprint density at radius 3 is 2.65 bits per heavy atom. The maximum Gasteiger partial charge on any atom is 0.0540 e. The molecule has 0 N–H and O–H groups in total. The molecule has 0 radical (unpaired) electrons. The Balaban J connectivity index is 1.83. The van der Waals surface area contributed by atoms with Crippen molar-refractivity contribution in [1.82, 2.24) is 4.90 Å². The molecule has 1 heteroatoms. The van der Waals surface area contributed by atoms with Crippen LogP contribution in [0.5, 0.6) is 0 Å². The molecule has 1 nitrogen and oxygen atoms in total. The number of hydrogen-bond donors (Lipinski definition) is 0. The molecule has 90 valence electrons. The van der Waals surface area contributed by atoms with Crippen LogP contribution in [0.2, 0.25) is 0 Å². The van der Waals surface area contributed by atoms with E-state index >= 15 is 0 Å². The van der Waals surface area contributed by atoms with Crippen molar-refractivity contribution in [3.05, 3.63) is 48.2 Å². The first-order valence-corrected chi connectivity index (χ1v) is 6.72. The Labute approximate surface area is 104 Å². The van der Waals surface area contributed by atoms with Crippen LogP contribution in [-0.4, -0.2) is 11.4 Å². The normalized spacial score (nSPS) is 25.9. The van der Waals surface area contributed by atoms with Crippen molar-refractivity contribution in [2.24, 2.45) is 5.41 Å². The smallest absolute Gasteiger partial charge is 0.0540 e. The highest BCUT2D eigenvalue weighted by Crippen LogP contribution is 2.54. The lowest BCUT2D eigenvalue weighted by molar-refractivity contribution is 0.286. The van der Waals surface area contributed by atoms with Gasteiger partial charge in [0.15, 0.2) is 0 Å². The van der Waals surface area contributed by atoms with Gasteiger partial charge in [0.2, 0.25) is 0 Å². The number of benzene rings is 1. The van der Waals surface area contributed by atoms with Gasteiger partial charge in [-0.1, -0.05) is 43.8 Å².